The van der Waals surface area contributed by atoms with Crippen molar-refractivity contribution in [3.8, 4) is 0 Å². The molecule has 2 aliphatic heterocycles. The fraction of sp³-hybridized carbons (Fsp3) is 0.667. The Morgan fingerprint density at radius 2 is 2.00 bits per heavy atom. The van der Waals surface area contributed by atoms with Crippen molar-refractivity contribution < 1.29 is 16.3 Å². The first-order valence-corrected chi connectivity index (χ1v) is 7.66. The first-order valence-electron chi connectivity index (χ1n) is 10.2. The largest absolute Gasteiger partial charge is 0.375 e. The molecule has 1 aromatic rings. The Morgan fingerprint density at radius 3 is 2.75 bits per heavy atom. The van der Waals surface area contributed by atoms with Crippen molar-refractivity contribution in [2.75, 3.05) is 6.61 Å². The number of hydrogen-bond acceptors (Lipinski definition) is 2. The van der Waals surface area contributed by atoms with E-state index in [1.165, 1.54) is 0 Å². The molecule has 0 radical (unpaired) electrons. The third kappa shape index (κ3) is 3.62. The zero-order valence-electron chi connectivity index (χ0n) is 17.1. The summed E-state index contributed by atoms with van der Waals surface area (Å²) in [5, 5.41) is 0. The second-order valence-corrected chi connectivity index (χ2v) is 6.22. The predicted molar refractivity (Wildman–Crippen MR) is 80.9 cm³/mol. The molecular weight excluding hydrogens is 248 g/mol. The van der Waals surface area contributed by atoms with E-state index in [0.29, 0.717) is 12.0 Å². The molecule has 1 unspecified atom stereocenters. The van der Waals surface area contributed by atoms with Crippen LogP contribution in [-0.4, -0.2) is 24.4 Å². The summed E-state index contributed by atoms with van der Waals surface area (Å²) >= 11 is 0. The second-order valence-electron chi connectivity index (χ2n) is 6.22. The van der Waals surface area contributed by atoms with Gasteiger partial charge in [-0.25, -0.2) is 0 Å². The lowest BCUT2D eigenvalue weighted by atomic mass is 9.90. The summed E-state index contributed by atoms with van der Waals surface area (Å²) in [7, 11) is 0. The maximum absolute atomic E-state index is 8.07. The fourth-order valence-electron chi connectivity index (χ4n) is 3.37. The van der Waals surface area contributed by atoms with Gasteiger partial charge in [-0.2, -0.15) is 0 Å². The molecule has 2 heteroatoms. The van der Waals surface area contributed by atoms with Crippen LogP contribution in [0.2, 0.25) is 0 Å². The van der Waals surface area contributed by atoms with Crippen molar-refractivity contribution in [1.29, 1.82) is 0 Å². The summed E-state index contributed by atoms with van der Waals surface area (Å²) in [5.74, 6) is 0. The summed E-state index contributed by atoms with van der Waals surface area (Å²) in [6, 6.07) is -1.09. The highest BCUT2D eigenvalue weighted by Crippen LogP contribution is 2.34. The first-order chi connectivity index (χ1) is 11.8. The zero-order chi connectivity index (χ0) is 18.2. The number of benzene rings is 1. The van der Waals surface area contributed by atoms with Crippen molar-refractivity contribution in [1.82, 2.24) is 0 Å². The lowest BCUT2D eigenvalue weighted by molar-refractivity contribution is -0.0930. The predicted octanol–water partition coefficient (Wildman–Crippen LogP) is 4.13. The minimum atomic E-state index is -0.340. The van der Waals surface area contributed by atoms with Gasteiger partial charge in [-0.05, 0) is 51.0 Å². The van der Waals surface area contributed by atoms with Gasteiger partial charge >= 0.3 is 0 Å². The van der Waals surface area contributed by atoms with E-state index >= 15 is 0 Å². The van der Waals surface area contributed by atoms with Gasteiger partial charge in [0.15, 0.2) is 0 Å². The summed E-state index contributed by atoms with van der Waals surface area (Å²) in [6.45, 7) is 2.96. The van der Waals surface area contributed by atoms with Crippen molar-refractivity contribution in [2.45, 2.75) is 69.7 Å². The maximum Gasteiger partial charge on any atom is 0.0680 e. The first kappa shape index (κ1) is 9.22. The van der Waals surface area contributed by atoms with Crippen LogP contribution in [0, 0.1) is 0 Å². The molecule has 0 bridgehead atoms. The highest BCUT2D eigenvalue weighted by Gasteiger charge is 2.35. The second kappa shape index (κ2) is 6.28. The molecule has 2 nitrogen and oxygen atoms in total. The Balaban J connectivity index is 1.71. The molecule has 20 heavy (non-hydrogen) atoms. The van der Waals surface area contributed by atoms with Crippen LogP contribution >= 0.6 is 0 Å². The van der Waals surface area contributed by atoms with E-state index < -0.39 is 0 Å². The maximum atomic E-state index is 8.07. The van der Waals surface area contributed by atoms with Crippen molar-refractivity contribution in [3.05, 3.63) is 35.8 Å². The number of hydrogen-bond donors (Lipinski definition) is 0. The van der Waals surface area contributed by atoms with Crippen LogP contribution in [0.1, 0.15) is 57.9 Å². The van der Waals surface area contributed by atoms with Gasteiger partial charge in [-0.1, -0.05) is 30.2 Å². The van der Waals surface area contributed by atoms with Crippen molar-refractivity contribution in [3.63, 3.8) is 0 Å². The third-order valence-corrected chi connectivity index (χ3v) is 4.38. The van der Waals surface area contributed by atoms with Crippen LogP contribution in [0.4, 0.5) is 0 Å². The summed E-state index contributed by atoms with van der Waals surface area (Å²) in [6.07, 6.45) is 6.28. The van der Waals surface area contributed by atoms with Crippen LogP contribution in [0.15, 0.2) is 30.2 Å². The molecular formula is C18H26O2. The Morgan fingerprint density at radius 1 is 1.20 bits per heavy atom. The monoisotopic (exact) mass is 279 g/mol. The van der Waals surface area contributed by atoms with Crippen molar-refractivity contribution in [2.24, 2.45) is 0 Å². The molecule has 0 N–H and O–H groups in total. The quantitative estimate of drug-likeness (QED) is 0.825. The normalized spacial score (nSPS) is 37.8. The topological polar surface area (TPSA) is 18.5 Å². The Kier molecular flexibility index (Phi) is 2.89. The standard InChI is InChI=1S/C18H26O2/c1-18(11-6-12-19-18)14-17-10-5-9-16(20-17)13-15-7-3-2-4-8-15/h2-4,7-8,16-17H,5-6,9-14H2,1H3/t16-,17-,18?/m0/s1/i2D,3D,4D,7D,8D. The summed E-state index contributed by atoms with van der Waals surface area (Å²) in [4.78, 5) is 0. The summed E-state index contributed by atoms with van der Waals surface area (Å²) < 4.78 is 51.5. The Labute approximate surface area is 129 Å². The molecule has 0 spiro atoms. The van der Waals surface area contributed by atoms with Gasteiger partial charge < -0.3 is 9.47 Å². The SMILES string of the molecule is [2H]c1c([2H])c([2H])c(C[C@@H]2CCC[C@@H](CC3(C)CCCO3)O2)c([2H])c1[2H]. The lowest BCUT2D eigenvalue weighted by Gasteiger charge is -2.35. The van der Waals surface area contributed by atoms with Gasteiger partial charge in [0.2, 0.25) is 0 Å². The molecule has 2 aliphatic rings. The van der Waals surface area contributed by atoms with E-state index in [2.05, 4.69) is 6.92 Å². The van der Waals surface area contributed by atoms with E-state index in [0.717, 1.165) is 45.1 Å². The molecule has 0 amide bonds. The number of ether oxygens (including phenoxy) is 2. The van der Waals surface area contributed by atoms with Gasteiger partial charge in [0.1, 0.15) is 0 Å². The van der Waals surface area contributed by atoms with Crippen LogP contribution in [0.5, 0.6) is 0 Å². The summed E-state index contributed by atoms with van der Waals surface area (Å²) in [5.41, 5.74) is 0.253. The van der Waals surface area contributed by atoms with Gasteiger partial charge in [0.05, 0.1) is 24.7 Å². The van der Waals surface area contributed by atoms with Gasteiger partial charge in [-0.3, -0.25) is 0 Å². The molecule has 2 saturated heterocycles. The number of rotatable bonds is 4. The van der Waals surface area contributed by atoms with E-state index in [1.807, 2.05) is 0 Å². The van der Waals surface area contributed by atoms with Crippen LogP contribution in [-0.2, 0) is 15.9 Å². The smallest absolute Gasteiger partial charge is 0.0680 e. The lowest BCUT2D eigenvalue weighted by Crippen LogP contribution is -2.36. The Hall–Kier alpha value is -0.860. The minimum Gasteiger partial charge on any atom is -0.375 e. The minimum absolute atomic E-state index is 0.104. The van der Waals surface area contributed by atoms with E-state index in [-0.39, 0.29) is 48.0 Å². The van der Waals surface area contributed by atoms with Gasteiger partial charge in [0, 0.05) is 13.0 Å². The third-order valence-electron chi connectivity index (χ3n) is 4.38. The van der Waals surface area contributed by atoms with E-state index in [4.69, 9.17) is 16.3 Å². The molecule has 3 atom stereocenters. The van der Waals surface area contributed by atoms with E-state index in [1.54, 1.807) is 0 Å². The van der Waals surface area contributed by atoms with Crippen LogP contribution in [0.3, 0.4) is 0 Å². The average Bonchev–Trinajstić information content (AvgIpc) is 3.01. The molecule has 0 aliphatic carbocycles. The van der Waals surface area contributed by atoms with Crippen LogP contribution in [0.25, 0.3) is 0 Å². The molecule has 0 aromatic heterocycles. The van der Waals surface area contributed by atoms with Crippen LogP contribution < -0.4 is 0 Å². The van der Waals surface area contributed by atoms with Gasteiger partial charge in [0.25, 0.3) is 0 Å². The zero-order valence-corrected chi connectivity index (χ0v) is 12.1. The highest BCUT2D eigenvalue weighted by molar-refractivity contribution is 5.15. The molecule has 1 aromatic carbocycles. The molecule has 2 heterocycles. The fourth-order valence-corrected chi connectivity index (χ4v) is 3.37. The average molecular weight is 279 g/mol. The van der Waals surface area contributed by atoms with E-state index in [9.17, 15) is 0 Å². The highest BCUT2D eigenvalue weighted by atomic mass is 16.5. The molecule has 0 saturated carbocycles. The molecule has 3 rings (SSSR count). The molecule has 110 valence electrons. The van der Waals surface area contributed by atoms with Gasteiger partial charge in [-0.15, -0.1) is 0 Å². The molecule has 2 fully saturated rings. The van der Waals surface area contributed by atoms with Crippen molar-refractivity contribution >= 4 is 0 Å². The Bertz CT molecular complexity index is 614.